The van der Waals surface area contributed by atoms with Crippen LogP contribution in [0.3, 0.4) is 0 Å². The lowest BCUT2D eigenvalue weighted by atomic mass is 10.2. The van der Waals surface area contributed by atoms with Gasteiger partial charge in [-0.3, -0.25) is 4.90 Å². The van der Waals surface area contributed by atoms with Crippen molar-refractivity contribution in [2.24, 2.45) is 0 Å². The Morgan fingerprint density at radius 1 is 1.33 bits per heavy atom. The van der Waals surface area contributed by atoms with Gasteiger partial charge in [-0.25, -0.2) is 0 Å². The van der Waals surface area contributed by atoms with E-state index in [0.717, 1.165) is 32.3 Å². The minimum absolute atomic E-state index is 0.450. The van der Waals surface area contributed by atoms with Gasteiger partial charge in [-0.2, -0.15) is 0 Å². The minimum atomic E-state index is 0.450. The molecule has 0 radical (unpaired) electrons. The Labute approximate surface area is 92.9 Å². The van der Waals surface area contributed by atoms with E-state index in [9.17, 15) is 0 Å². The van der Waals surface area contributed by atoms with Crippen LogP contribution in [0.4, 0.5) is 0 Å². The van der Waals surface area contributed by atoms with Crippen LogP contribution in [0, 0.1) is 0 Å². The molecule has 1 N–H and O–H groups in total. The largest absolute Gasteiger partial charge is 0.383 e. The van der Waals surface area contributed by atoms with Crippen molar-refractivity contribution >= 4 is 0 Å². The highest BCUT2D eigenvalue weighted by atomic mass is 16.5. The summed E-state index contributed by atoms with van der Waals surface area (Å²) in [5.41, 5.74) is 0. The first-order chi connectivity index (χ1) is 7.27. The third-order valence-corrected chi connectivity index (χ3v) is 2.85. The Morgan fingerprint density at radius 2 is 2.07 bits per heavy atom. The van der Waals surface area contributed by atoms with Gasteiger partial charge in [0.1, 0.15) is 0 Å². The normalized spacial score (nSPS) is 18.4. The molecule has 0 heterocycles. The Kier molecular flexibility index (Phi) is 6.17. The summed E-state index contributed by atoms with van der Waals surface area (Å²) in [7, 11) is 5.62. The van der Waals surface area contributed by atoms with Crippen molar-refractivity contribution in [3.63, 3.8) is 0 Å². The lowest BCUT2D eigenvalue weighted by Crippen LogP contribution is -2.44. The maximum atomic E-state index is 5.24. The van der Waals surface area contributed by atoms with Crippen LogP contribution in [-0.4, -0.2) is 64.6 Å². The summed E-state index contributed by atoms with van der Waals surface area (Å²) in [4.78, 5) is 2.29. The van der Waals surface area contributed by atoms with E-state index in [4.69, 9.17) is 9.47 Å². The molecule has 1 atom stereocenters. The molecule has 90 valence electrons. The molecule has 4 heteroatoms. The molecule has 0 bridgehead atoms. The summed E-state index contributed by atoms with van der Waals surface area (Å²) in [5.74, 6) is 0. The van der Waals surface area contributed by atoms with E-state index in [-0.39, 0.29) is 0 Å². The maximum absolute atomic E-state index is 5.24. The van der Waals surface area contributed by atoms with Crippen molar-refractivity contribution < 1.29 is 9.47 Å². The van der Waals surface area contributed by atoms with Crippen LogP contribution in [0.15, 0.2) is 0 Å². The van der Waals surface area contributed by atoms with E-state index in [1.165, 1.54) is 12.8 Å². The zero-order chi connectivity index (χ0) is 11.1. The molecule has 1 aliphatic carbocycles. The van der Waals surface area contributed by atoms with E-state index < -0.39 is 0 Å². The standard InChI is InChI=1S/C11H24N2O2/c1-13(6-7-14-2)11(9-15-3)8-12-10-4-5-10/h10-12H,4-9H2,1-3H3. The summed E-state index contributed by atoms with van der Waals surface area (Å²) in [6.07, 6.45) is 2.67. The Morgan fingerprint density at radius 3 is 2.60 bits per heavy atom. The van der Waals surface area contributed by atoms with Gasteiger partial charge in [-0.05, 0) is 19.9 Å². The molecular formula is C11H24N2O2. The molecule has 1 saturated carbocycles. The molecule has 1 fully saturated rings. The third-order valence-electron chi connectivity index (χ3n) is 2.85. The van der Waals surface area contributed by atoms with Crippen molar-refractivity contribution in [2.45, 2.75) is 24.9 Å². The van der Waals surface area contributed by atoms with Gasteiger partial charge >= 0.3 is 0 Å². The molecule has 0 aromatic heterocycles. The highest BCUT2D eigenvalue weighted by Crippen LogP contribution is 2.18. The summed E-state index contributed by atoms with van der Waals surface area (Å²) in [6, 6.07) is 1.21. The topological polar surface area (TPSA) is 33.7 Å². The molecule has 0 aromatic carbocycles. The molecule has 0 aromatic rings. The third kappa shape index (κ3) is 5.47. The van der Waals surface area contributed by atoms with E-state index >= 15 is 0 Å². The number of nitrogens with one attached hydrogen (secondary N) is 1. The number of hydrogen-bond acceptors (Lipinski definition) is 4. The fourth-order valence-electron chi connectivity index (χ4n) is 1.54. The highest BCUT2D eigenvalue weighted by Gasteiger charge is 2.23. The molecule has 1 aliphatic rings. The van der Waals surface area contributed by atoms with E-state index in [0.29, 0.717) is 6.04 Å². The molecule has 0 spiro atoms. The Balaban J connectivity index is 2.19. The van der Waals surface area contributed by atoms with Gasteiger partial charge in [0.15, 0.2) is 0 Å². The van der Waals surface area contributed by atoms with Crippen LogP contribution in [0.2, 0.25) is 0 Å². The fourth-order valence-corrected chi connectivity index (χ4v) is 1.54. The predicted octanol–water partition coefficient (Wildman–Crippen LogP) is 0.332. The first kappa shape index (κ1) is 12.9. The molecule has 1 unspecified atom stereocenters. The maximum Gasteiger partial charge on any atom is 0.0630 e. The van der Waals surface area contributed by atoms with Crippen molar-refractivity contribution in [3.8, 4) is 0 Å². The number of methoxy groups -OCH3 is 2. The van der Waals surface area contributed by atoms with Crippen LogP contribution < -0.4 is 5.32 Å². The van der Waals surface area contributed by atoms with Gasteiger partial charge in [-0.15, -0.1) is 0 Å². The van der Waals surface area contributed by atoms with Gasteiger partial charge < -0.3 is 14.8 Å². The molecule has 0 saturated heterocycles. The first-order valence-electron chi connectivity index (χ1n) is 5.69. The molecular weight excluding hydrogens is 192 g/mol. The van der Waals surface area contributed by atoms with Gasteiger partial charge in [0.25, 0.3) is 0 Å². The lowest BCUT2D eigenvalue weighted by Gasteiger charge is -2.27. The quantitative estimate of drug-likeness (QED) is 0.602. The summed E-state index contributed by atoms with van der Waals surface area (Å²) in [5, 5.41) is 3.54. The monoisotopic (exact) mass is 216 g/mol. The zero-order valence-electron chi connectivity index (χ0n) is 10.2. The molecule has 4 nitrogen and oxygen atoms in total. The first-order valence-corrected chi connectivity index (χ1v) is 5.69. The van der Waals surface area contributed by atoms with Gasteiger partial charge in [-0.1, -0.05) is 0 Å². The smallest absolute Gasteiger partial charge is 0.0630 e. The lowest BCUT2D eigenvalue weighted by molar-refractivity contribution is 0.0829. The Bertz CT molecular complexity index is 163. The number of rotatable bonds is 9. The number of nitrogens with zero attached hydrogens (tertiary/aromatic N) is 1. The molecule has 0 aliphatic heterocycles. The summed E-state index contributed by atoms with van der Waals surface area (Å²) in [6.45, 7) is 3.52. The average Bonchev–Trinajstić information content (AvgIpc) is 3.04. The number of hydrogen-bond donors (Lipinski definition) is 1. The van der Waals surface area contributed by atoms with Crippen molar-refractivity contribution in [1.82, 2.24) is 10.2 Å². The molecule has 15 heavy (non-hydrogen) atoms. The van der Waals surface area contributed by atoms with Crippen molar-refractivity contribution in [2.75, 3.05) is 47.6 Å². The van der Waals surface area contributed by atoms with Gasteiger partial charge in [0.05, 0.1) is 13.2 Å². The minimum Gasteiger partial charge on any atom is -0.383 e. The predicted molar refractivity (Wildman–Crippen MR) is 61.2 cm³/mol. The van der Waals surface area contributed by atoms with Gasteiger partial charge in [0.2, 0.25) is 0 Å². The highest BCUT2D eigenvalue weighted by molar-refractivity contribution is 4.83. The SMILES string of the molecule is COCCN(C)C(CNC1CC1)COC. The average molecular weight is 216 g/mol. The molecule has 1 rings (SSSR count). The van der Waals surface area contributed by atoms with E-state index in [2.05, 4.69) is 17.3 Å². The van der Waals surface area contributed by atoms with Crippen molar-refractivity contribution in [1.29, 1.82) is 0 Å². The second-order valence-electron chi connectivity index (χ2n) is 4.27. The summed E-state index contributed by atoms with van der Waals surface area (Å²) < 4.78 is 10.3. The Hall–Kier alpha value is -0.160. The fraction of sp³-hybridized carbons (Fsp3) is 1.00. The van der Waals surface area contributed by atoms with Gasteiger partial charge in [0, 0.05) is 39.4 Å². The second kappa shape index (κ2) is 7.17. The van der Waals surface area contributed by atoms with Crippen molar-refractivity contribution in [3.05, 3.63) is 0 Å². The van der Waals surface area contributed by atoms with Crippen LogP contribution >= 0.6 is 0 Å². The van der Waals surface area contributed by atoms with Crippen LogP contribution in [0.5, 0.6) is 0 Å². The summed E-state index contributed by atoms with van der Waals surface area (Å²) >= 11 is 0. The van der Waals surface area contributed by atoms with Crippen LogP contribution in [-0.2, 0) is 9.47 Å². The second-order valence-corrected chi connectivity index (χ2v) is 4.27. The van der Waals surface area contributed by atoms with E-state index in [1.54, 1.807) is 14.2 Å². The zero-order valence-corrected chi connectivity index (χ0v) is 10.2. The number of ether oxygens (including phenoxy) is 2. The van der Waals surface area contributed by atoms with E-state index in [1.807, 2.05) is 0 Å². The number of likely N-dealkylation sites (N-methyl/N-ethyl adjacent to an activating group) is 1. The molecule has 0 amide bonds. The van der Waals surface area contributed by atoms with Crippen LogP contribution in [0.1, 0.15) is 12.8 Å². The van der Waals surface area contributed by atoms with Crippen LogP contribution in [0.25, 0.3) is 0 Å².